The van der Waals surface area contributed by atoms with Crippen LogP contribution in [0.25, 0.3) is 0 Å². The van der Waals surface area contributed by atoms with Gasteiger partial charge in [-0.2, -0.15) is 0 Å². The normalized spacial score (nSPS) is 14.4. The van der Waals surface area contributed by atoms with Crippen LogP contribution in [-0.4, -0.2) is 25.0 Å². The minimum atomic E-state index is -0.261. The first kappa shape index (κ1) is 14.6. The number of carbonyl (C=O) groups excluding carboxylic acids is 1. The van der Waals surface area contributed by atoms with E-state index in [0.717, 1.165) is 5.56 Å². The molecule has 1 N–H and O–H groups in total. The lowest BCUT2D eigenvalue weighted by Gasteiger charge is -2.19. The van der Waals surface area contributed by atoms with E-state index in [9.17, 15) is 4.79 Å². The van der Waals surface area contributed by atoms with E-state index in [1.54, 1.807) is 18.2 Å². The predicted octanol–water partition coefficient (Wildman–Crippen LogP) is 2.82. The second kappa shape index (κ2) is 6.62. The van der Waals surface area contributed by atoms with Gasteiger partial charge in [0.2, 0.25) is 0 Å². The first-order valence-corrected chi connectivity index (χ1v) is 7.45. The smallest absolute Gasteiger partial charge is 0.179 e. The molecule has 114 valence electrons. The van der Waals surface area contributed by atoms with Gasteiger partial charge in [-0.3, -0.25) is 4.79 Å². The molecular formula is C18H19NO3. The van der Waals surface area contributed by atoms with Gasteiger partial charge in [-0.1, -0.05) is 30.3 Å². The molecule has 0 saturated heterocycles. The van der Waals surface area contributed by atoms with Crippen LogP contribution in [0.15, 0.2) is 48.5 Å². The highest BCUT2D eigenvalue weighted by molar-refractivity contribution is 6.00. The van der Waals surface area contributed by atoms with Crippen molar-refractivity contribution in [2.24, 2.45) is 0 Å². The molecule has 2 aromatic rings. The molecule has 0 aromatic heterocycles. The first-order valence-electron chi connectivity index (χ1n) is 7.45. The molecule has 22 heavy (non-hydrogen) atoms. The molecule has 0 saturated carbocycles. The molecule has 1 aliphatic heterocycles. The van der Waals surface area contributed by atoms with Gasteiger partial charge in [-0.15, -0.1) is 0 Å². The van der Waals surface area contributed by atoms with Crippen LogP contribution in [0.1, 0.15) is 22.8 Å². The van der Waals surface area contributed by atoms with Crippen molar-refractivity contribution < 1.29 is 14.3 Å². The van der Waals surface area contributed by atoms with E-state index in [0.29, 0.717) is 36.8 Å². The summed E-state index contributed by atoms with van der Waals surface area (Å²) in [5, 5.41) is 3.26. The molecule has 0 aliphatic carbocycles. The van der Waals surface area contributed by atoms with Crippen LogP contribution in [0.5, 0.6) is 11.5 Å². The molecule has 0 radical (unpaired) electrons. The fraction of sp³-hybridized carbons (Fsp3) is 0.278. The van der Waals surface area contributed by atoms with E-state index < -0.39 is 0 Å². The SMILES string of the molecule is CC(NCc1ccccc1)C(=O)c1ccc2c(c1)OCCO2. The second-order valence-corrected chi connectivity index (χ2v) is 5.31. The maximum absolute atomic E-state index is 12.5. The maximum atomic E-state index is 12.5. The van der Waals surface area contributed by atoms with Crippen molar-refractivity contribution in [3.63, 3.8) is 0 Å². The van der Waals surface area contributed by atoms with E-state index in [2.05, 4.69) is 5.32 Å². The van der Waals surface area contributed by atoms with Crippen molar-refractivity contribution >= 4 is 5.78 Å². The van der Waals surface area contributed by atoms with Gasteiger partial charge in [-0.05, 0) is 30.7 Å². The van der Waals surface area contributed by atoms with Crippen LogP contribution < -0.4 is 14.8 Å². The third kappa shape index (κ3) is 3.28. The number of fused-ring (bicyclic) bond motifs is 1. The van der Waals surface area contributed by atoms with Crippen molar-refractivity contribution in [2.45, 2.75) is 19.5 Å². The van der Waals surface area contributed by atoms with Crippen LogP contribution in [0.2, 0.25) is 0 Å². The van der Waals surface area contributed by atoms with Crippen molar-refractivity contribution in [1.82, 2.24) is 5.32 Å². The molecule has 3 rings (SSSR count). The highest BCUT2D eigenvalue weighted by Gasteiger charge is 2.18. The lowest BCUT2D eigenvalue weighted by atomic mass is 10.0. The third-order valence-electron chi connectivity index (χ3n) is 3.68. The summed E-state index contributed by atoms with van der Waals surface area (Å²) < 4.78 is 11.0. The number of benzene rings is 2. The minimum Gasteiger partial charge on any atom is -0.486 e. The Hall–Kier alpha value is -2.33. The largest absolute Gasteiger partial charge is 0.486 e. The molecule has 0 amide bonds. The zero-order valence-electron chi connectivity index (χ0n) is 12.5. The highest BCUT2D eigenvalue weighted by Crippen LogP contribution is 2.31. The second-order valence-electron chi connectivity index (χ2n) is 5.31. The number of hydrogen-bond acceptors (Lipinski definition) is 4. The van der Waals surface area contributed by atoms with Crippen molar-refractivity contribution in [2.75, 3.05) is 13.2 Å². The van der Waals surface area contributed by atoms with Crippen LogP contribution >= 0.6 is 0 Å². The maximum Gasteiger partial charge on any atom is 0.179 e. The summed E-state index contributed by atoms with van der Waals surface area (Å²) in [5.41, 5.74) is 1.79. The average molecular weight is 297 g/mol. The fourth-order valence-electron chi connectivity index (χ4n) is 2.41. The molecule has 2 aromatic carbocycles. The molecule has 0 bridgehead atoms. The van der Waals surface area contributed by atoms with Gasteiger partial charge in [0, 0.05) is 12.1 Å². The Bertz CT molecular complexity index is 655. The predicted molar refractivity (Wildman–Crippen MR) is 84.5 cm³/mol. The van der Waals surface area contributed by atoms with E-state index >= 15 is 0 Å². The number of Topliss-reactive ketones (excluding diaryl/α,β-unsaturated/α-hetero) is 1. The first-order chi connectivity index (χ1) is 10.7. The van der Waals surface area contributed by atoms with Crippen LogP contribution in [0.4, 0.5) is 0 Å². The molecule has 4 heteroatoms. The summed E-state index contributed by atoms with van der Waals surface area (Å²) in [4.78, 5) is 12.5. The van der Waals surface area contributed by atoms with Crippen molar-refractivity contribution in [1.29, 1.82) is 0 Å². The number of ketones is 1. The highest BCUT2D eigenvalue weighted by atomic mass is 16.6. The van der Waals surface area contributed by atoms with Gasteiger partial charge >= 0.3 is 0 Å². The summed E-state index contributed by atoms with van der Waals surface area (Å²) in [7, 11) is 0. The van der Waals surface area contributed by atoms with Gasteiger partial charge in [0.1, 0.15) is 13.2 Å². The van der Waals surface area contributed by atoms with Gasteiger partial charge in [-0.25, -0.2) is 0 Å². The number of ether oxygens (including phenoxy) is 2. The van der Waals surface area contributed by atoms with E-state index in [4.69, 9.17) is 9.47 Å². The molecule has 1 heterocycles. The summed E-state index contributed by atoms with van der Waals surface area (Å²) in [6.07, 6.45) is 0. The molecular weight excluding hydrogens is 278 g/mol. The van der Waals surface area contributed by atoms with E-state index in [1.807, 2.05) is 37.3 Å². The Morgan fingerprint density at radius 2 is 1.82 bits per heavy atom. The monoisotopic (exact) mass is 297 g/mol. The Kier molecular flexibility index (Phi) is 4.39. The molecule has 1 atom stereocenters. The van der Waals surface area contributed by atoms with E-state index in [1.165, 1.54) is 0 Å². The quantitative estimate of drug-likeness (QED) is 0.862. The topological polar surface area (TPSA) is 47.6 Å². The van der Waals surface area contributed by atoms with Crippen LogP contribution in [0.3, 0.4) is 0 Å². The molecule has 0 fully saturated rings. The van der Waals surface area contributed by atoms with Gasteiger partial charge in [0.25, 0.3) is 0 Å². The number of carbonyl (C=O) groups is 1. The number of hydrogen-bond donors (Lipinski definition) is 1. The molecule has 1 aliphatic rings. The average Bonchev–Trinajstić information content (AvgIpc) is 2.59. The van der Waals surface area contributed by atoms with Gasteiger partial charge in [0.15, 0.2) is 17.3 Å². The Morgan fingerprint density at radius 1 is 1.09 bits per heavy atom. The van der Waals surface area contributed by atoms with Crippen LogP contribution in [-0.2, 0) is 6.54 Å². The minimum absolute atomic E-state index is 0.0490. The van der Waals surface area contributed by atoms with Gasteiger partial charge < -0.3 is 14.8 Å². The summed E-state index contributed by atoms with van der Waals surface area (Å²) in [6.45, 7) is 3.61. The standard InChI is InChI=1S/C18H19NO3/c1-13(19-12-14-5-3-2-4-6-14)18(20)15-7-8-16-17(11-15)22-10-9-21-16/h2-8,11,13,19H,9-10,12H2,1H3. The number of rotatable bonds is 5. The lowest BCUT2D eigenvalue weighted by Crippen LogP contribution is -2.33. The van der Waals surface area contributed by atoms with E-state index in [-0.39, 0.29) is 11.8 Å². The zero-order valence-corrected chi connectivity index (χ0v) is 12.5. The lowest BCUT2D eigenvalue weighted by molar-refractivity contribution is 0.0949. The zero-order chi connectivity index (χ0) is 15.4. The summed E-state index contributed by atoms with van der Waals surface area (Å²) in [5.74, 6) is 1.40. The van der Waals surface area contributed by atoms with Crippen LogP contribution in [0, 0.1) is 0 Å². The summed E-state index contributed by atoms with van der Waals surface area (Å²) >= 11 is 0. The van der Waals surface area contributed by atoms with Gasteiger partial charge in [0.05, 0.1) is 6.04 Å². The fourth-order valence-corrected chi connectivity index (χ4v) is 2.41. The Labute approximate surface area is 130 Å². The molecule has 0 spiro atoms. The van der Waals surface area contributed by atoms with Crippen molar-refractivity contribution in [3.8, 4) is 11.5 Å². The van der Waals surface area contributed by atoms with Crippen molar-refractivity contribution in [3.05, 3.63) is 59.7 Å². The Balaban J connectivity index is 1.65. The summed E-state index contributed by atoms with van der Waals surface area (Å²) in [6, 6.07) is 15.1. The third-order valence-corrected chi connectivity index (χ3v) is 3.68. The number of nitrogens with one attached hydrogen (secondary N) is 1. The molecule has 4 nitrogen and oxygen atoms in total. The molecule has 1 unspecified atom stereocenters. The Morgan fingerprint density at radius 3 is 2.59 bits per heavy atom.